The molecule has 0 unspecified atom stereocenters. The lowest BCUT2D eigenvalue weighted by atomic mass is 9.82. The molecule has 136 valence electrons. The van der Waals surface area contributed by atoms with Gasteiger partial charge in [-0.1, -0.05) is 37.3 Å². The molecule has 1 aromatic carbocycles. The fourth-order valence-corrected chi connectivity index (χ4v) is 3.96. The van der Waals surface area contributed by atoms with Crippen molar-refractivity contribution in [1.82, 2.24) is 5.32 Å². The quantitative estimate of drug-likeness (QED) is 0.768. The van der Waals surface area contributed by atoms with Crippen LogP contribution in [0.3, 0.4) is 0 Å². The molecule has 0 saturated heterocycles. The molecule has 1 aromatic heterocycles. The maximum atomic E-state index is 12.8. The Balaban J connectivity index is 1.67. The highest BCUT2D eigenvalue weighted by atomic mass is 32.1. The highest BCUT2D eigenvalue weighted by molar-refractivity contribution is 7.12. The highest BCUT2D eigenvalue weighted by Crippen LogP contribution is 2.31. The molecule has 3 rings (SSSR count). The molecule has 26 heavy (non-hydrogen) atoms. The van der Waals surface area contributed by atoms with Crippen molar-refractivity contribution < 1.29 is 14.3 Å². The van der Waals surface area contributed by atoms with Crippen molar-refractivity contribution >= 4 is 17.2 Å². The Labute approximate surface area is 158 Å². The molecule has 1 aliphatic carbocycles. The molecular weight excluding hydrogens is 346 g/mol. The first-order valence-electron chi connectivity index (χ1n) is 8.79. The van der Waals surface area contributed by atoms with Crippen LogP contribution in [0.25, 0.3) is 0 Å². The van der Waals surface area contributed by atoms with Crippen LogP contribution in [-0.2, 0) is 6.61 Å². The minimum absolute atomic E-state index is 0.152. The van der Waals surface area contributed by atoms with E-state index >= 15 is 0 Å². The van der Waals surface area contributed by atoms with E-state index in [0.29, 0.717) is 17.2 Å². The van der Waals surface area contributed by atoms with Gasteiger partial charge in [0.05, 0.1) is 7.11 Å². The second-order valence-electron chi connectivity index (χ2n) is 6.50. The normalized spacial score (nSPS) is 15.7. The van der Waals surface area contributed by atoms with Gasteiger partial charge in [0.25, 0.3) is 5.91 Å². The summed E-state index contributed by atoms with van der Waals surface area (Å²) < 4.78 is 11.1. The van der Waals surface area contributed by atoms with Gasteiger partial charge in [0.2, 0.25) is 0 Å². The molecule has 1 fully saturated rings. The van der Waals surface area contributed by atoms with Gasteiger partial charge in [-0.3, -0.25) is 4.79 Å². The minimum Gasteiger partial charge on any atom is -0.497 e. The van der Waals surface area contributed by atoms with Crippen LogP contribution in [0.4, 0.5) is 0 Å². The second kappa shape index (κ2) is 8.29. The molecular formula is C21H23NO3S. The summed E-state index contributed by atoms with van der Waals surface area (Å²) in [5.74, 6) is 4.03. The maximum Gasteiger partial charge on any atom is 0.266 e. The van der Waals surface area contributed by atoms with E-state index in [2.05, 4.69) is 11.2 Å². The fraction of sp³-hybridized carbons (Fsp3) is 0.381. The highest BCUT2D eigenvalue weighted by Gasteiger charge is 2.32. The number of rotatable bonds is 6. The topological polar surface area (TPSA) is 47.6 Å². The van der Waals surface area contributed by atoms with E-state index in [4.69, 9.17) is 15.9 Å². The summed E-state index contributed by atoms with van der Waals surface area (Å²) in [5, 5.41) is 4.94. The Kier molecular flexibility index (Phi) is 5.85. The van der Waals surface area contributed by atoms with Crippen LogP contribution in [0.15, 0.2) is 35.7 Å². The molecule has 1 saturated carbocycles. The molecule has 1 heterocycles. The van der Waals surface area contributed by atoms with Crippen molar-refractivity contribution in [2.45, 2.75) is 44.2 Å². The van der Waals surface area contributed by atoms with Crippen LogP contribution in [0.2, 0.25) is 0 Å². The summed E-state index contributed by atoms with van der Waals surface area (Å²) in [6, 6.07) is 9.50. The summed E-state index contributed by atoms with van der Waals surface area (Å²) in [6.07, 6.45) is 10.7. The number of hydrogen-bond acceptors (Lipinski definition) is 4. The zero-order chi connectivity index (χ0) is 18.4. The molecule has 1 N–H and O–H groups in total. The Hall–Kier alpha value is -2.45. The number of thiophene rings is 1. The molecule has 1 amide bonds. The number of carbonyl (C=O) groups excluding carboxylic acids is 1. The Morgan fingerprint density at radius 2 is 2.12 bits per heavy atom. The number of ether oxygens (including phenoxy) is 2. The van der Waals surface area contributed by atoms with Crippen LogP contribution >= 0.6 is 11.3 Å². The second-order valence-corrected chi connectivity index (χ2v) is 7.41. The number of terminal acetylenes is 1. The first-order valence-corrected chi connectivity index (χ1v) is 9.67. The van der Waals surface area contributed by atoms with E-state index in [-0.39, 0.29) is 5.91 Å². The van der Waals surface area contributed by atoms with Gasteiger partial charge in [-0.15, -0.1) is 17.8 Å². The van der Waals surface area contributed by atoms with Gasteiger partial charge in [-0.2, -0.15) is 0 Å². The summed E-state index contributed by atoms with van der Waals surface area (Å²) in [6.45, 7) is 0.370. The van der Waals surface area contributed by atoms with Crippen molar-refractivity contribution in [2.24, 2.45) is 0 Å². The van der Waals surface area contributed by atoms with Gasteiger partial charge in [0.1, 0.15) is 28.5 Å². The predicted molar refractivity (Wildman–Crippen MR) is 104 cm³/mol. The zero-order valence-electron chi connectivity index (χ0n) is 14.9. The predicted octanol–water partition coefficient (Wildman–Crippen LogP) is 4.40. The lowest BCUT2D eigenvalue weighted by Gasteiger charge is -2.33. The molecule has 0 atom stereocenters. The average molecular weight is 369 g/mol. The van der Waals surface area contributed by atoms with Crippen molar-refractivity contribution in [3.63, 3.8) is 0 Å². The third kappa shape index (κ3) is 4.20. The number of benzene rings is 1. The molecule has 1 aliphatic rings. The molecule has 5 heteroatoms. The number of hydrogen-bond donors (Lipinski definition) is 1. The maximum absolute atomic E-state index is 12.8. The summed E-state index contributed by atoms with van der Waals surface area (Å²) in [4.78, 5) is 13.3. The molecule has 2 aromatic rings. The minimum atomic E-state index is -0.524. The Morgan fingerprint density at radius 3 is 2.85 bits per heavy atom. The smallest absolute Gasteiger partial charge is 0.266 e. The van der Waals surface area contributed by atoms with Gasteiger partial charge >= 0.3 is 0 Å². The van der Waals surface area contributed by atoms with Gasteiger partial charge in [-0.05, 0) is 42.0 Å². The van der Waals surface area contributed by atoms with Crippen LogP contribution in [0.1, 0.15) is 47.3 Å². The molecule has 0 bridgehead atoms. The van der Waals surface area contributed by atoms with Gasteiger partial charge < -0.3 is 14.8 Å². The van der Waals surface area contributed by atoms with Crippen molar-refractivity contribution in [2.75, 3.05) is 7.11 Å². The standard InChI is InChI=1S/C21H23NO3S/c1-3-21(11-5-4-6-12-21)22-20(23)19-18(10-13-26-19)25-15-16-8-7-9-17(14-16)24-2/h1,7-10,13-14H,4-6,11-12,15H2,2H3,(H,22,23). The number of amides is 1. The van der Waals surface area contributed by atoms with Crippen LogP contribution in [0.5, 0.6) is 11.5 Å². The largest absolute Gasteiger partial charge is 0.497 e. The van der Waals surface area contributed by atoms with Crippen LogP contribution in [0, 0.1) is 12.3 Å². The van der Waals surface area contributed by atoms with Gasteiger partial charge in [0.15, 0.2) is 0 Å². The van der Waals surface area contributed by atoms with Crippen molar-refractivity contribution in [1.29, 1.82) is 0 Å². The zero-order valence-corrected chi connectivity index (χ0v) is 15.7. The summed E-state index contributed by atoms with van der Waals surface area (Å²) in [5.41, 5.74) is 0.456. The van der Waals surface area contributed by atoms with Crippen LogP contribution < -0.4 is 14.8 Å². The molecule has 4 nitrogen and oxygen atoms in total. The average Bonchev–Trinajstić information content (AvgIpc) is 3.16. The third-order valence-electron chi connectivity index (χ3n) is 4.70. The first kappa shape index (κ1) is 18.3. The van der Waals surface area contributed by atoms with E-state index in [1.165, 1.54) is 17.8 Å². The monoisotopic (exact) mass is 369 g/mol. The van der Waals surface area contributed by atoms with E-state index in [0.717, 1.165) is 37.0 Å². The molecule has 0 aliphatic heterocycles. The number of methoxy groups -OCH3 is 1. The van der Waals surface area contributed by atoms with Gasteiger partial charge in [0, 0.05) is 0 Å². The van der Waals surface area contributed by atoms with E-state index < -0.39 is 5.54 Å². The van der Waals surface area contributed by atoms with E-state index in [1.54, 1.807) is 7.11 Å². The third-order valence-corrected chi connectivity index (χ3v) is 5.59. The SMILES string of the molecule is C#CC1(NC(=O)c2sccc2OCc2cccc(OC)c2)CCCCC1. The molecule has 0 radical (unpaired) electrons. The van der Waals surface area contributed by atoms with E-state index in [9.17, 15) is 4.79 Å². The number of carbonyl (C=O) groups is 1. The first-order chi connectivity index (χ1) is 12.7. The van der Waals surface area contributed by atoms with Crippen molar-refractivity contribution in [3.8, 4) is 23.8 Å². The summed E-state index contributed by atoms with van der Waals surface area (Å²) >= 11 is 1.37. The van der Waals surface area contributed by atoms with E-state index in [1.807, 2.05) is 35.7 Å². The molecule has 0 spiro atoms. The van der Waals surface area contributed by atoms with Crippen LogP contribution in [-0.4, -0.2) is 18.6 Å². The lowest BCUT2D eigenvalue weighted by Crippen LogP contribution is -2.48. The summed E-state index contributed by atoms with van der Waals surface area (Å²) in [7, 11) is 1.63. The Bertz CT molecular complexity index is 800. The number of nitrogens with one attached hydrogen (secondary N) is 1. The van der Waals surface area contributed by atoms with Gasteiger partial charge in [-0.25, -0.2) is 0 Å². The lowest BCUT2D eigenvalue weighted by molar-refractivity contribution is 0.0904. The fourth-order valence-electron chi connectivity index (χ4n) is 3.23. The van der Waals surface area contributed by atoms with Crippen molar-refractivity contribution in [3.05, 3.63) is 46.2 Å². The Morgan fingerprint density at radius 1 is 1.31 bits per heavy atom.